The van der Waals surface area contributed by atoms with Gasteiger partial charge in [-0.2, -0.15) is 11.8 Å². The molecule has 0 aromatic rings. The molecule has 1 heterocycles. The normalized spacial score (nSPS) is 19.3. The molecule has 1 amide bonds. The van der Waals surface area contributed by atoms with Gasteiger partial charge in [0.1, 0.15) is 5.60 Å². The minimum Gasteiger partial charge on any atom is -0.444 e. The molecule has 1 aliphatic rings. The van der Waals surface area contributed by atoms with Gasteiger partial charge in [0.25, 0.3) is 0 Å². The lowest BCUT2D eigenvalue weighted by Crippen LogP contribution is -2.43. The quantitative estimate of drug-likeness (QED) is 0.688. The molecule has 1 unspecified atom stereocenters. The van der Waals surface area contributed by atoms with E-state index in [-0.39, 0.29) is 6.09 Å². The maximum absolute atomic E-state index is 12.1. The van der Waals surface area contributed by atoms with Crippen LogP contribution in [0.15, 0.2) is 0 Å². The smallest absolute Gasteiger partial charge is 0.410 e. The Bertz CT molecular complexity index is 318. The van der Waals surface area contributed by atoms with Gasteiger partial charge in [-0.25, -0.2) is 4.79 Å². The topological polar surface area (TPSA) is 41.6 Å². The average Bonchev–Trinajstić information content (AvgIpc) is 2.45. The summed E-state index contributed by atoms with van der Waals surface area (Å²) in [6.07, 6.45) is 8.04. The standard InChI is InChI=1S/C17H34N2O2S/c1-17(2,3)21-16(20)19-12-7-8-15(14-19)9-11-18-10-5-6-13-22-4/h15,18H,5-14H2,1-4H3. The molecule has 0 aromatic carbocycles. The highest BCUT2D eigenvalue weighted by Crippen LogP contribution is 2.21. The summed E-state index contributed by atoms with van der Waals surface area (Å²) in [7, 11) is 0. The van der Waals surface area contributed by atoms with Crippen molar-refractivity contribution < 1.29 is 9.53 Å². The number of piperidine rings is 1. The zero-order valence-corrected chi connectivity index (χ0v) is 15.6. The van der Waals surface area contributed by atoms with Gasteiger partial charge in [-0.3, -0.25) is 0 Å². The highest BCUT2D eigenvalue weighted by Gasteiger charge is 2.27. The zero-order valence-electron chi connectivity index (χ0n) is 14.8. The fraction of sp³-hybridized carbons (Fsp3) is 0.941. The van der Waals surface area contributed by atoms with Crippen LogP contribution in [0.5, 0.6) is 0 Å². The van der Waals surface area contributed by atoms with E-state index in [0.29, 0.717) is 5.92 Å². The second-order valence-electron chi connectivity index (χ2n) is 7.17. The molecule has 1 saturated heterocycles. The van der Waals surface area contributed by atoms with Gasteiger partial charge in [0.15, 0.2) is 0 Å². The Labute approximate surface area is 140 Å². The number of rotatable bonds is 8. The van der Waals surface area contributed by atoms with Gasteiger partial charge < -0.3 is 15.0 Å². The second-order valence-corrected chi connectivity index (χ2v) is 8.16. The molecule has 1 aliphatic heterocycles. The molecule has 0 spiro atoms. The second kappa shape index (κ2) is 10.4. The third-order valence-corrected chi connectivity index (χ3v) is 4.55. The number of nitrogens with zero attached hydrogens (tertiary/aromatic N) is 1. The van der Waals surface area contributed by atoms with Crippen LogP contribution < -0.4 is 5.32 Å². The number of amides is 1. The molecular weight excluding hydrogens is 296 g/mol. The summed E-state index contributed by atoms with van der Waals surface area (Å²) < 4.78 is 5.48. The van der Waals surface area contributed by atoms with Crippen LogP contribution in [-0.2, 0) is 4.74 Å². The molecule has 4 nitrogen and oxygen atoms in total. The predicted octanol–water partition coefficient (Wildman–Crippen LogP) is 3.76. The molecule has 0 bridgehead atoms. The molecule has 22 heavy (non-hydrogen) atoms. The van der Waals surface area contributed by atoms with Crippen LogP contribution in [0.3, 0.4) is 0 Å². The van der Waals surface area contributed by atoms with Crippen LogP contribution in [0, 0.1) is 5.92 Å². The third kappa shape index (κ3) is 8.89. The van der Waals surface area contributed by atoms with Crippen molar-refractivity contribution in [3.8, 4) is 0 Å². The minimum atomic E-state index is -0.400. The van der Waals surface area contributed by atoms with E-state index < -0.39 is 5.60 Å². The SMILES string of the molecule is CSCCCCNCCC1CCCN(C(=O)OC(C)(C)C)C1. The van der Waals surface area contributed by atoms with Crippen molar-refractivity contribution in [2.24, 2.45) is 5.92 Å². The summed E-state index contributed by atoms with van der Waals surface area (Å²) in [6, 6.07) is 0. The van der Waals surface area contributed by atoms with E-state index in [1.807, 2.05) is 37.4 Å². The maximum atomic E-state index is 12.1. The molecule has 130 valence electrons. The van der Waals surface area contributed by atoms with Gasteiger partial charge in [-0.1, -0.05) is 0 Å². The van der Waals surface area contributed by atoms with Crippen molar-refractivity contribution in [3.05, 3.63) is 0 Å². The van der Waals surface area contributed by atoms with Crippen molar-refractivity contribution in [2.75, 3.05) is 38.2 Å². The Morgan fingerprint density at radius 1 is 1.32 bits per heavy atom. The Hall–Kier alpha value is -0.420. The van der Waals surface area contributed by atoms with E-state index in [2.05, 4.69) is 11.6 Å². The Morgan fingerprint density at radius 2 is 2.09 bits per heavy atom. The average molecular weight is 331 g/mol. The fourth-order valence-corrected chi connectivity index (χ4v) is 3.21. The molecule has 0 radical (unpaired) electrons. The van der Waals surface area contributed by atoms with Crippen LogP contribution in [0.4, 0.5) is 4.79 Å². The molecule has 0 aromatic heterocycles. The lowest BCUT2D eigenvalue weighted by atomic mass is 9.95. The van der Waals surface area contributed by atoms with Crippen molar-refractivity contribution in [3.63, 3.8) is 0 Å². The first-order valence-corrected chi connectivity index (χ1v) is 9.99. The first kappa shape index (κ1) is 19.6. The summed E-state index contributed by atoms with van der Waals surface area (Å²) in [5.74, 6) is 1.87. The van der Waals surface area contributed by atoms with Gasteiger partial charge in [-0.15, -0.1) is 0 Å². The molecule has 5 heteroatoms. The number of nitrogens with one attached hydrogen (secondary N) is 1. The third-order valence-electron chi connectivity index (χ3n) is 3.85. The molecule has 0 aliphatic carbocycles. The first-order valence-electron chi connectivity index (χ1n) is 8.60. The number of carbonyl (C=O) groups excluding carboxylic acids is 1. The van der Waals surface area contributed by atoms with Gasteiger partial charge >= 0.3 is 6.09 Å². The van der Waals surface area contributed by atoms with E-state index in [1.165, 1.54) is 25.0 Å². The summed E-state index contributed by atoms with van der Waals surface area (Å²) in [5, 5.41) is 3.53. The van der Waals surface area contributed by atoms with Crippen LogP contribution in [0.2, 0.25) is 0 Å². The highest BCUT2D eigenvalue weighted by atomic mass is 32.2. The highest BCUT2D eigenvalue weighted by molar-refractivity contribution is 7.98. The molecule has 0 saturated carbocycles. The zero-order chi connectivity index (χ0) is 16.4. The Balaban J connectivity index is 2.16. The Kier molecular flexibility index (Phi) is 9.25. The fourth-order valence-electron chi connectivity index (χ4n) is 2.72. The summed E-state index contributed by atoms with van der Waals surface area (Å²) >= 11 is 1.92. The van der Waals surface area contributed by atoms with Crippen LogP contribution >= 0.6 is 11.8 Å². The van der Waals surface area contributed by atoms with Gasteiger partial charge in [-0.05, 0) is 83.9 Å². The van der Waals surface area contributed by atoms with Gasteiger partial charge in [0.2, 0.25) is 0 Å². The molecule has 1 fully saturated rings. The summed E-state index contributed by atoms with van der Waals surface area (Å²) in [4.78, 5) is 14.0. The summed E-state index contributed by atoms with van der Waals surface area (Å²) in [5.41, 5.74) is -0.400. The van der Waals surface area contributed by atoms with Crippen LogP contribution in [-0.4, -0.2) is 54.8 Å². The van der Waals surface area contributed by atoms with E-state index in [9.17, 15) is 4.79 Å². The lowest BCUT2D eigenvalue weighted by molar-refractivity contribution is 0.0162. The number of hydrogen-bond donors (Lipinski definition) is 1. The lowest BCUT2D eigenvalue weighted by Gasteiger charge is -2.34. The largest absolute Gasteiger partial charge is 0.444 e. The van der Waals surface area contributed by atoms with E-state index >= 15 is 0 Å². The van der Waals surface area contributed by atoms with E-state index in [4.69, 9.17) is 4.74 Å². The van der Waals surface area contributed by atoms with Crippen molar-refractivity contribution in [1.82, 2.24) is 10.2 Å². The van der Waals surface area contributed by atoms with Crippen molar-refractivity contribution in [1.29, 1.82) is 0 Å². The van der Waals surface area contributed by atoms with E-state index in [0.717, 1.165) is 39.0 Å². The van der Waals surface area contributed by atoms with Crippen molar-refractivity contribution >= 4 is 17.9 Å². The molecule has 1 N–H and O–H groups in total. The van der Waals surface area contributed by atoms with Crippen molar-refractivity contribution in [2.45, 2.75) is 58.5 Å². The number of ether oxygens (including phenoxy) is 1. The Morgan fingerprint density at radius 3 is 2.77 bits per heavy atom. The molecule has 1 rings (SSSR count). The maximum Gasteiger partial charge on any atom is 0.410 e. The van der Waals surface area contributed by atoms with E-state index in [1.54, 1.807) is 0 Å². The number of thioether (sulfide) groups is 1. The first-order chi connectivity index (χ1) is 10.4. The molecular formula is C17H34N2O2S. The summed E-state index contributed by atoms with van der Waals surface area (Å²) in [6.45, 7) is 9.64. The molecule has 1 atom stereocenters. The number of hydrogen-bond acceptors (Lipinski definition) is 4. The van der Waals surface area contributed by atoms with Crippen LogP contribution in [0.25, 0.3) is 0 Å². The van der Waals surface area contributed by atoms with Gasteiger partial charge in [0.05, 0.1) is 0 Å². The van der Waals surface area contributed by atoms with Crippen LogP contribution in [0.1, 0.15) is 52.9 Å². The number of carbonyl (C=O) groups is 1. The predicted molar refractivity (Wildman–Crippen MR) is 95.6 cm³/mol. The van der Waals surface area contributed by atoms with Gasteiger partial charge in [0, 0.05) is 13.1 Å². The monoisotopic (exact) mass is 330 g/mol. The minimum absolute atomic E-state index is 0.151. The number of unbranched alkanes of at least 4 members (excludes halogenated alkanes) is 1. The number of likely N-dealkylation sites (tertiary alicyclic amines) is 1.